The van der Waals surface area contributed by atoms with E-state index in [0.717, 1.165) is 6.07 Å². The predicted octanol–water partition coefficient (Wildman–Crippen LogP) is 2.76. The molecule has 2 aliphatic heterocycles. The molecule has 1 aliphatic carbocycles. The second kappa shape index (κ2) is 14.0. The van der Waals surface area contributed by atoms with Crippen molar-refractivity contribution in [2.45, 2.75) is 75.9 Å². The van der Waals surface area contributed by atoms with Crippen LogP contribution in [-0.2, 0) is 30.4 Å². The van der Waals surface area contributed by atoms with Crippen molar-refractivity contribution in [2.24, 2.45) is 0 Å². The molecule has 244 valence electrons. The van der Waals surface area contributed by atoms with Crippen molar-refractivity contribution in [3.63, 3.8) is 0 Å². The molecule has 1 saturated carbocycles. The molecule has 0 radical (unpaired) electrons. The summed E-state index contributed by atoms with van der Waals surface area (Å²) >= 11 is 6.02. The fourth-order valence-electron chi connectivity index (χ4n) is 5.17. The number of rotatable bonds is 9. The molecule has 5 rings (SSSR count). The lowest BCUT2D eigenvalue weighted by atomic mass is 9.83. The number of fused-ring (bicyclic) bond motifs is 1. The summed E-state index contributed by atoms with van der Waals surface area (Å²) in [5.41, 5.74) is 3.70. The van der Waals surface area contributed by atoms with Crippen LogP contribution in [0.5, 0.6) is 5.75 Å². The highest BCUT2D eigenvalue weighted by molar-refractivity contribution is 6.31. The molecule has 0 aromatic heterocycles. The van der Waals surface area contributed by atoms with Gasteiger partial charge in [0.2, 0.25) is 5.91 Å². The zero-order valence-electron chi connectivity index (χ0n) is 24.1. The minimum atomic E-state index is -1.63. The molecular weight excluding hydrogens is 625 g/mol. The minimum absolute atomic E-state index is 0.0772. The summed E-state index contributed by atoms with van der Waals surface area (Å²) in [5.74, 6) is -2.12. The van der Waals surface area contributed by atoms with Crippen LogP contribution in [0.1, 0.15) is 31.4 Å². The van der Waals surface area contributed by atoms with Gasteiger partial charge in [0.25, 0.3) is 6.29 Å². The van der Waals surface area contributed by atoms with Gasteiger partial charge in [-0.2, -0.15) is 0 Å². The Bertz CT molecular complexity index is 1480. The van der Waals surface area contributed by atoms with Crippen molar-refractivity contribution >= 4 is 23.6 Å². The van der Waals surface area contributed by atoms with Crippen molar-refractivity contribution in [1.29, 1.82) is 0 Å². The summed E-state index contributed by atoms with van der Waals surface area (Å²) in [4.78, 5) is 18.1. The van der Waals surface area contributed by atoms with E-state index in [1.165, 1.54) is 43.3 Å². The smallest absolute Gasteiger partial charge is 0.272 e. The number of carbonyl (C=O) groups excluding carboxylic acids is 1. The van der Waals surface area contributed by atoms with Crippen LogP contribution in [-0.4, -0.2) is 77.0 Å². The van der Waals surface area contributed by atoms with E-state index in [1.54, 1.807) is 6.92 Å². The molecule has 2 aromatic carbocycles. The third-order valence-electron chi connectivity index (χ3n) is 7.66. The Morgan fingerprint density at radius 2 is 1.80 bits per heavy atom. The van der Waals surface area contributed by atoms with Crippen LogP contribution in [0, 0.1) is 11.6 Å². The Balaban J connectivity index is 1.16. The number of nitrogens with one attached hydrogen (secondary N) is 2. The molecule has 45 heavy (non-hydrogen) atoms. The molecule has 0 unspecified atom stereocenters. The predicted molar refractivity (Wildman–Crippen MR) is 152 cm³/mol. The van der Waals surface area contributed by atoms with Gasteiger partial charge >= 0.3 is 0 Å². The van der Waals surface area contributed by atoms with Crippen molar-refractivity contribution < 1.29 is 57.1 Å². The minimum Gasteiger partial charge on any atom is -0.454 e. The Hall–Kier alpha value is -3.37. The van der Waals surface area contributed by atoms with Gasteiger partial charge in [-0.3, -0.25) is 15.1 Å². The first-order valence-electron chi connectivity index (χ1n) is 14.0. The summed E-state index contributed by atoms with van der Waals surface area (Å²) in [6.07, 6.45) is -8.01. The van der Waals surface area contributed by atoms with Crippen molar-refractivity contribution in [3.05, 3.63) is 81.2 Å². The zero-order chi connectivity index (χ0) is 32.4. The van der Waals surface area contributed by atoms with E-state index in [9.17, 15) is 33.3 Å². The molecule has 11 nitrogen and oxygen atoms in total. The monoisotopic (exact) mass is 656 g/mol. The Morgan fingerprint density at radius 3 is 2.53 bits per heavy atom. The maximum Gasteiger partial charge on any atom is 0.272 e. The lowest BCUT2D eigenvalue weighted by molar-refractivity contribution is -0.155. The SMILES string of the molecule is CC(=Cc1ccc(O[C@@H]2OC(=C(C)NOCc3cc(F)ccc3Cl)C[C@H]2F)c(F)c1)C(=O)N[C@@H]1[C@H](O)[C@@H](O)[C@H]2OCO[C@H]2[C@@H]1O. The van der Waals surface area contributed by atoms with Gasteiger partial charge in [-0.05, 0) is 55.8 Å². The number of benzene rings is 2. The third kappa shape index (κ3) is 7.38. The van der Waals surface area contributed by atoms with Crippen LogP contribution >= 0.6 is 11.6 Å². The van der Waals surface area contributed by atoms with E-state index >= 15 is 0 Å². The van der Waals surface area contributed by atoms with E-state index in [0.29, 0.717) is 16.3 Å². The second-order valence-electron chi connectivity index (χ2n) is 10.9. The maximum atomic E-state index is 14.9. The summed E-state index contributed by atoms with van der Waals surface area (Å²) in [6, 6.07) is 6.36. The molecule has 2 heterocycles. The number of hydrogen-bond acceptors (Lipinski definition) is 10. The first kappa shape index (κ1) is 33.0. The fourth-order valence-corrected chi connectivity index (χ4v) is 5.34. The molecule has 15 heteroatoms. The largest absolute Gasteiger partial charge is 0.454 e. The summed E-state index contributed by atoms with van der Waals surface area (Å²) in [7, 11) is 0. The third-order valence-corrected chi connectivity index (χ3v) is 8.02. The van der Waals surface area contributed by atoms with E-state index < -0.39 is 66.6 Å². The van der Waals surface area contributed by atoms with Crippen molar-refractivity contribution in [3.8, 4) is 5.75 Å². The first-order chi connectivity index (χ1) is 21.4. The molecule has 2 saturated heterocycles. The summed E-state index contributed by atoms with van der Waals surface area (Å²) < 4.78 is 64.5. The quantitative estimate of drug-likeness (QED) is 0.202. The highest BCUT2D eigenvalue weighted by atomic mass is 35.5. The van der Waals surface area contributed by atoms with E-state index in [2.05, 4.69) is 10.8 Å². The summed E-state index contributed by atoms with van der Waals surface area (Å²) in [6.45, 7) is 2.77. The molecule has 2 aromatic rings. The van der Waals surface area contributed by atoms with Crippen LogP contribution in [0.3, 0.4) is 0 Å². The van der Waals surface area contributed by atoms with E-state index in [4.69, 9.17) is 35.4 Å². The normalized spacial score (nSPS) is 30.8. The Labute approximate surface area is 261 Å². The number of halogens is 4. The Morgan fingerprint density at radius 1 is 1.07 bits per heavy atom. The number of hydroxylamine groups is 1. The van der Waals surface area contributed by atoms with Crippen LogP contribution in [0.2, 0.25) is 5.02 Å². The fraction of sp³-hybridized carbons (Fsp3) is 0.433. The molecule has 0 bridgehead atoms. The second-order valence-corrected chi connectivity index (χ2v) is 11.3. The standard InChI is InChI=1S/C30H32ClF3N2O9/c1-13(29(40)35-23-24(37)26(39)28-27(25(23)38)41-12-42-28)7-15-3-6-21(19(33)8-15)44-30-20(34)10-22(45-30)14(2)36-43-11-16-9-17(32)4-5-18(16)31/h3-9,20,23-28,30,36-39H,10-12H2,1-2H3,(H,35,40)/t20-,23-,24+,25-,26-,27+,28-,30-/m1/s1. The number of alkyl halides is 1. The van der Waals surface area contributed by atoms with Gasteiger partial charge in [-0.1, -0.05) is 17.7 Å². The number of amides is 1. The number of hydrogen-bond donors (Lipinski definition) is 5. The van der Waals surface area contributed by atoms with Crippen LogP contribution < -0.4 is 15.5 Å². The topological polar surface area (TPSA) is 148 Å². The van der Waals surface area contributed by atoms with Crippen molar-refractivity contribution in [1.82, 2.24) is 10.8 Å². The lowest BCUT2D eigenvalue weighted by Crippen LogP contribution is -2.67. The molecule has 8 atom stereocenters. The van der Waals surface area contributed by atoms with Gasteiger partial charge in [0.15, 0.2) is 17.7 Å². The van der Waals surface area contributed by atoms with E-state index in [-0.39, 0.29) is 42.5 Å². The van der Waals surface area contributed by atoms with E-state index in [1.807, 2.05) is 0 Å². The van der Waals surface area contributed by atoms with Crippen molar-refractivity contribution in [2.75, 3.05) is 6.79 Å². The number of allylic oxidation sites excluding steroid dienone is 2. The average Bonchev–Trinajstić information content (AvgIpc) is 3.64. The highest BCUT2D eigenvalue weighted by Gasteiger charge is 2.53. The Kier molecular flexibility index (Phi) is 10.2. The van der Waals surface area contributed by atoms with Crippen LogP contribution in [0.25, 0.3) is 6.08 Å². The number of aliphatic hydroxyl groups is 3. The van der Waals surface area contributed by atoms with Gasteiger partial charge in [0.1, 0.15) is 55.5 Å². The zero-order valence-corrected chi connectivity index (χ0v) is 24.8. The summed E-state index contributed by atoms with van der Waals surface area (Å²) in [5, 5.41) is 34.1. The van der Waals surface area contributed by atoms with Crippen LogP contribution in [0.4, 0.5) is 13.2 Å². The number of ether oxygens (including phenoxy) is 4. The molecule has 3 aliphatic rings. The number of aliphatic hydroxyl groups excluding tert-OH is 3. The van der Waals surface area contributed by atoms with Gasteiger partial charge < -0.3 is 39.6 Å². The molecule has 3 fully saturated rings. The van der Waals surface area contributed by atoms with Gasteiger partial charge in [0, 0.05) is 22.6 Å². The molecule has 1 amide bonds. The highest BCUT2D eigenvalue weighted by Crippen LogP contribution is 2.32. The molecule has 0 spiro atoms. The van der Waals surface area contributed by atoms with Gasteiger partial charge in [-0.25, -0.2) is 13.2 Å². The molecular formula is C30H32ClF3N2O9. The number of carbonyl (C=O) groups is 1. The average molecular weight is 657 g/mol. The van der Waals surface area contributed by atoms with Crippen LogP contribution in [0.15, 0.2) is 53.4 Å². The molecule has 5 N–H and O–H groups in total. The lowest BCUT2D eigenvalue weighted by Gasteiger charge is -2.41. The van der Waals surface area contributed by atoms with Gasteiger partial charge in [0.05, 0.1) is 11.7 Å². The van der Waals surface area contributed by atoms with Gasteiger partial charge in [-0.15, -0.1) is 0 Å². The first-order valence-corrected chi connectivity index (χ1v) is 14.4. The maximum absolute atomic E-state index is 14.9.